The number of nitrogens with one attached hydrogen (secondary N) is 1. The number of hydrazone groups is 1. The van der Waals surface area contributed by atoms with Crippen molar-refractivity contribution in [2.75, 3.05) is 6.61 Å². The maximum atomic E-state index is 11.9. The molecule has 0 spiro atoms. The molecule has 124 valence electrons. The Kier molecular flexibility index (Phi) is 6.01. The molecule has 24 heavy (non-hydrogen) atoms. The van der Waals surface area contributed by atoms with Gasteiger partial charge in [0.25, 0.3) is 11.6 Å². The van der Waals surface area contributed by atoms with Crippen molar-refractivity contribution in [1.82, 2.24) is 5.43 Å². The molecule has 7 nitrogen and oxygen atoms in total. The fraction of sp³-hybridized carbons (Fsp3) is 0.176. The molecule has 0 aliphatic heterocycles. The third-order valence-electron chi connectivity index (χ3n) is 3.05. The summed E-state index contributed by atoms with van der Waals surface area (Å²) in [5.41, 5.74) is 3.16. The van der Waals surface area contributed by atoms with E-state index in [1.807, 2.05) is 31.2 Å². The molecule has 0 fully saturated rings. The molecule has 1 amide bonds. The smallest absolute Gasteiger partial charge is 0.271 e. The Labute approximate surface area is 139 Å². The summed E-state index contributed by atoms with van der Waals surface area (Å²) in [6.45, 7) is 2.69. The van der Waals surface area contributed by atoms with E-state index in [9.17, 15) is 14.9 Å². The number of hydrogen-bond donors (Lipinski definition) is 1. The minimum Gasteiger partial charge on any atom is -0.494 e. The summed E-state index contributed by atoms with van der Waals surface area (Å²) in [7, 11) is 0. The molecule has 1 N–H and O–H groups in total. The van der Waals surface area contributed by atoms with Crippen molar-refractivity contribution in [3.63, 3.8) is 0 Å². The lowest BCUT2D eigenvalue weighted by Crippen LogP contribution is -2.17. The van der Waals surface area contributed by atoms with E-state index in [0.717, 1.165) is 17.7 Å². The fourth-order valence-electron chi connectivity index (χ4n) is 1.86. The first-order chi connectivity index (χ1) is 11.6. The van der Waals surface area contributed by atoms with Crippen LogP contribution in [-0.4, -0.2) is 23.7 Å². The first kappa shape index (κ1) is 17.1. The number of ether oxygens (including phenoxy) is 1. The number of nitro benzene ring substituents is 1. The molecule has 0 aromatic heterocycles. The zero-order chi connectivity index (χ0) is 17.4. The molecular weight excluding hydrogens is 310 g/mol. The molecule has 2 aromatic carbocycles. The van der Waals surface area contributed by atoms with Gasteiger partial charge in [-0.1, -0.05) is 13.0 Å². The molecule has 7 heteroatoms. The lowest BCUT2D eigenvalue weighted by Gasteiger charge is -2.04. The monoisotopic (exact) mass is 327 g/mol. The predicted molar refractivity (Wildman–Crippen MR) is 90.4 cm³/mol. The number of hydrogen-bond acceptors (Lipinski definition) is 5. The van der Waals surface area contributed by atoms with Crippen LogP contribution in [-0.2, 0) is 0 Å². The maximum Gasteiger partial charge on any atom is 0.271 e. The van der Waals surface area contributed by atoms with E-state index in [-0.39, 0.29) is 11.3 Å². The van der Waals surface area contributed by atoms with Crippen LogP contribution in [0.4, 0.5) is 5.69 Å². The minimum atomic E-state index is -0.553. The number of nitro groups is 1. The van der Waals surface area contributed by atoms with Gasteiger partial charge in [0.05, 0.1) is 17.7 Å². The summed E-state index contributed by atoms with van der Waals surface area (Å²) >= 11 is 0. The largest absolute Gasteiger partial charge is 0.494 e. The number of nitrogens with zero attached hydrogens (tertiary/aromatic N) is 2. The second-order valence-electron chi connectivity index (χ2n) is 4.92. The van der Waals surface area contributed by atoms with Crippen LogP contribution < -0.4 is 10.2 Å². The van der Waals surface area contributed by atoms with E-state index in [0.29, 0.717) is 6.61 Å². The lowest BCUT2D eigenvalue weighted by molar-refractivity contribution is -0.384. The Morgan fingerprint density at radius 1 is 1.29 bits per heavy atom. The van der Waals surface area contributed by atoms with Gasteiger partial charge in [0.15, 0.2) is 0 Å². The Morgan fingerprint density at radius 3 is 2.71 bits per heavy atom. The summed E-state index contributed by atoms with van der Waals surface area (Å²) < 4.78 is 5.47. The number of non-ortho nitro benzene ring substituents is 1. The van der Waals surface area contributed by atoms with Gasteiger partial charge in [0.2, 0.25) is 0 Å². The lowest BCUT2D eigenvalue weighted by atomic mass is 10.2. The maximum absolute atomic E-state index is 11.9. The van der Waals surface area contributed by atoms with Crippen LogP contribution in [0.5, 0.6) is 5.75 Å². The van der Waals surface area contributed by atoms with Crippen LogP contribution in [0.15, 0.2) is 53.6 Å². The molecule has 2 aromatic rings. The highest BCUT2D eigenvalue weighted by Gasteiger charge is 2.10. The summed E-state index contributed by atoms with van der Waals surface area (Å²) in [5.74, 6) is 0.257. The van der Waals surface area contributed by atoms with Crippen molar-refractivity contribution in [1.29, 1.82) is 0 Å². The van der Waals surface area contributed by atoms with E-state index < -0.39 is 10.8 Å². The second kappa shape index (κ2) is 8.42. The van der Waals surface area contributed by atoms with E-state index >= 15 is 0 Å². The number of carbonyl (C=O) groups excluding carboxylic acids is 1. The standard InChI is InChI=1S/C17H17N3O4/c1-2-10-24-16-8-6-13(7-9-16)12-18-19-17(21)14-4-3-5-15(11-14)20(22)23/h3-9,11-12H,2,10H2,1H3,(H,19,21)/b18-12+. The minimum absolute atomic E-state index is 0.144. The van der Waals surface area contributed by atoms with Crippen LogP contribution in [0.2, 0.25) is 0 Å². The van der Waals surface area contributed by atoms with Gasteiger partial charge in [-0.2, -0.15) is 5.10 Å². The molecule has 0 bridgehead atoms. The average molecular weight is 327 g/mol. The molecule has 0 saturated heterocycles. The van der Waals surface area contributed by atoms with Gasteiger partial charge in [-0.05, 0) is 42.3 Å². The highest BCUT2D eigenvalue weighted by Crippen LogP contribution is 2.13. The van der Waals surface area contributed by atoms with E-state index in [1.165, 1.54) is 30.5 Å². The van der Waals surface area contributed by atoms with Crippen LogP contribution >= 0.6 is 0 Å². The van der Waals surface area contributed by atoms with Gasteiger partial charge in [-0.25, -0.2) is 5.43 Å². The van der Waals surface area contributed by atoms with Crippen molar-refractivity contribution < 1.29 is 14.5 Å². The Bertz CT molecular complexity index is 742. The molecule has 2 rings (SSSR count). The van der Waals surface area contributed by atoms with Gasteiger partial charge < -0.3 is 4.74 Å². The van der Waals surface area contributed by atoms with Crippen molar-refractivity contribution >= 4 is 17.8 Å². The summed E-state index contributed by atoms with van der Waals surface area (Å²) in [5, 5.41) is 14.6. The average Bonchev–Trinajstić information content (AvgIpc) is 2.61. The molecular formula is C17H17N3O4. The topological polar surface area (TPSA) is 93.8 Å². The molecule has 0 aliphatic rings. The van der Waals surface area contributed by atoms with Crippen LogP contribution in [0.3, 0.4) is 0 Å². The molecule has 0 radical (unpaired) electrons. The summed E-state index contributed by atoms with van der Waals surface area (Å²) in [6.07, 6.45) is 2.42. The van der Waals surface area contributed by atoms with E-state index in [2.05, 4.69) is 10.5 Å². The normalized spacial score (nSPS) is 10.5. The molecule has 0 unspecified atom stereocenters. The van der Waals surface area contributed by atoms with E-state index in [4.69, 9.17) is 4.74 Å². The SMILES string of the molecule is CCCOc1ccc(/C=N/NC(=O)c2cccc([N+](=O)[O-])c2)cc1. The van der Waals surface area contributed by atoms with Crippen molar-refractivity contribution in [3.8, 4) is 5.75 Å². The number of rotatable bonds is 7. The zero-order valence-electron chi connectivity index (χ0n) is 13.1. The Balaban J connectivity index is 1.94. The first-order valence-corrected chi connectivity index (χ1v) is 7.41. The third-order valence-corrected chi connectivity index (χ3v) is 3.05. The van der Waals surface area contributed by atoms with Gasteiger partial charge in [0.1, 0.15) is 5.75 Å². The van der Waals surface area contributed by atoms with Gasteiger partial charge >= 0.3 is 0 Å². The fourth-order valence-corrected chi connectivity index (χ4v) is 1.86. The Hall–Kier alpha value is -3.22. The number of amides is 1. The summed E-state index contributed by atoms with van der Waals surface area (Å²) in [4.78, 5) is 22.1. The van der Waals surface area contributed by atoms with Gasteiger partial charge in [-0.3, -0.25) is 14.9 Å². The quantitative estimate of drug-likeness (QED) is 0.480. The molecule has 0 saturated carbocycles. The third kappa shape index (κ3) is 4.91. The highest BCUT2D eigenvalue weighted by molar-refractivity contribution is 5.95. The second-order valence-corrected chi connectivity index (χ2v) is 4.92. The number of carbonyl (C=O) groups is 1. The van der Waals surface area contributed by atoms with Crippen LogP contribution in [0.1, 0.15) is 29.3 Å². The van der Waals surface area contributed by atoms with Crippen molar-refractivity contribution in [2.24, 2.45) is 5.10 Å². The summed E-state index contributed by atoms with van der Waals surface area (Å²) in [6, 6.07) is 12.7. The molecule has 0 atom stereocenters. The highest BCUT2D eigenvalue weighted by atomic mass is 16.6. The predicted octanol–water partition coefficient (Wildman–Crippen LogP) is 3.15. The van der Waals surface area contributed by atoms with Crippen molar-refractivity contribution in [2.45, 2.75) is 13.3 Å². The molecule has 0 aliphatic carbocycles. The van der Waals surface area contributed by atoms with Crippen LogP contribution in [0, 0.1) is 10.1 Å². The van der Waals surface area contributed by atoms with Crippen molar-refractivity contribution in [3.05, 3.63) is 69.8 Å². The zero-order valence-corrected chi connectivity index (χ0v) is 13.1. The molecule has 0 heterocycles. The first-order valence-electron chi connectivity index (χ1n) is 7.41. The Morgan fingerprint density at radius 2 is 2.04 bits per heavy atom. The van der Waals surface area contributed by atoms with Crippen LogP contribution in [0.25, 0.3) is 0 Å². The van der Waals surface area contributed by atoms with E-state index in [1.54, 1.807) is 0 Å². The number of benzene rings is 2. The van der Waals surface area contributed by atoms with Gasteiger partial charge in [0, 0.05) is 17.7 Å². The van der Waals surface area contributed by atoms with Gasteiger partial charge in [-0.15, -0.1) is 0 Å².